The number of aliphatic hydroxyl groups is 1. The molecule has 0 fully saturated rings. The zero-order valence-electron chi connectivity index (χ0n) is 66.7. The predicted molar refractivity (Wildman–Crippen MR) is 429 cm³/mol. The number of thioether (sulfide) groups is 1. The summed E-state index contributed by atoms with van der Waals surface area (Å²) in [6.45, 7) is 14.0. The number of benzene rings is 2. The van der Waals surface area contributed by atoms with Crippen LogP contribution in [-0.4, -0.2) is 221 Å². The number of carboxylic acid groups (broad SMARTS) is 1. The van der Waals surface area contributed by atoms with E-state index in [0.29, 0.717) is 56.4 Å². The molecule has 36 nitrogen and oxygen atoms in total. The molecule has 0 radical (unpaired) electrons. The van der Waals surface area contributed by atoms with Crippen LogP contribution in [0.4, 0.5) is 0 Å². The van der Waals surface area contributed by atoms with Crippen molar-refractivity contribution >= 4 is 111 Å². The highest BCUT2D eigenvalue weighted by atomic mass is 32.2. The number of nitrogens with zero attached hydrogens (tertiary/aromatic N) is 1. The fraction of sp³-hybridized carbons (Fsp3) is 0.618. The highest BCUT2D eigenvalue weighted by Crippen LogP contribution is 2.21. The van der Waals surface area contributed by atoms with Crippen molar-refractivity contribution in [2.45, 2.75) is 237 Å². The molecule has 113 heavy (non-hydrogen) atoms. The zero-order chi connectivity index (χ0) is 84.6. The molecular formula is C76H124N20O16S. The van der Waals surface area contributed by atoms with Crippen molar-refractivity contribution in [2.75, 3.05) is 38.2 Å². The van der Waals surface area contributed by atoms with E-state index in [-0.39, 0.29) is 64.0 Å². The lowest BCUT2D eigenvalue weighted by molar-refractivity contribution is -0.142. The third kappa shape index (κ3) is 33.7. The molecule has 1 aromatic heterocycles. The Morgan fingerprint density at radius 2 is 0.876 bits per heavy atom. The van der Waals surface area contributed by atoms with E-state index in [9.17, 15) is 77.3 Å². The molecule has 0 saturated heterocycles. The van der Waals surface area contributed by atoms with Crippen LogP contribution in [0.5, 0.6) is 0 Å². The molecule has 15 atom stereocenters. The summed E-state index contributed by atoms with van der Waals surface area (Å²) >= 11 is 1.38. The summed E-state index contributed by atoms with van der Waals surface area (Å²) < 4.78 is 0. The number of fused-ring (bicyclic) bond motifs is 1. The topological polar surface area (TPSA) is 608 Å². The Balaban J connectivity index is 1.88. The van der Waals surface area contributed by atoms with Crippen molar-refractivity contribution in [1.29, 1.82) is 0 Å². The predicted octanol–water partition coefficient (Wildman–Crippen LogP) is -2.07. The van der Waals surface area contributed by atoms with E-state index in [1.54, 1.807) is 98.2 Å². The van der Waals surface area contributed by atoms with Gasteiger partial charge in [0, 0.05) is 36.5 Å². The summed E-state index contributed by atoms with van der Waals surface area (Å²) in [6, 6.07) is -2.04. The van der Waals surface area contributed by atoms with Crippen LogP contribution in [0.3, 0.4) is 0 Å². The maximum Gasteiger partial charge on any atom is 0.326 e. The molecule has 0 aliphatic heterocycles. The Bertz CT molecular complexity index is 3640. The lowest BCUT2D eigenvalue weighted by Gasteiger charge is -2.30. The number of H-pyrrole nitrogens is 1. The van der Waals surface area contributed by atoms with Crippen LogP contribution in [0, 0.1) is 23.7 Å². The monoisotopic (exact) mass is 1600 g/mol. The normalized spacial score (nSPS) is 15.3. The van der Waals surface area contributed by atoms with Crippen LogP contribution in [0.1, 0.15) is 157 Å². The SMILES string of the molecule is CC[C@H](C)[C@H](NC(=O)[C@H](CCCCN)NC(=O)[C@H](CCCCN)NC(=O)[C@@H](N)Cc1c[nH]c2ccccc12)C(=O)N[C@@H](CCCN=C(N)N)C(=O)N[C@@H](C)C(=O)N[C@@H](Cc1ccccc1)C(=O)N[C@H](C(=O)N[C@@H](CO)C(=O)N[C@@H](CCC(N)=O)C(=O)N[C@H](C(=O)N[C@H](C(=O)N[C@@H](CCSC)C(=O)O)[C@@H](C)CC)C(C)C)C(C)C. The van der Waals surface area contributed by atoms with Crippen molar-refractivity contribution in [3.8, 4) is 0 Å². The van der Waals surface area contributed by atoms with Gasteiger partial charge >= 0.3 is 5.97 Å². The minimum Gasteiger partial charge on any atom is -0.480 e. The van der Waals surface area contributed by atoms with Crippen LogP contribution in [0.15, 0.2) is 65.8 Å². The summed E-state index contributed by atoms with van der Waals surface area (Å²) in [4.78, 5) is 202. The first-order valence-corrected chi connectivity index (χ1v) is 40.0. The molecule has 37 heteroatoms. The molecule has 0 bridgehead atoms. The molecule has 3 rings (SSSR count). The van der Waals surface area contributed by atoms with Gasteiger partial charge in [0.2, 0.25) is 76.8 Å². The average Bonchev–Trinajstić information content (AvgIpc) is 1.80. The van der Waals surface area contributed by atoms with Gasteiger partial charge in [-0.25, -0.2) is 4.79 Å². The van der Waals surface area contributed by atoms with Gasteiger partial charge < -0.3 is 113 Å². The largest absolute Gasteiger partial charge is 0.480 e. The molecule has 1 heterocycles. The van der Waals surface area contributed by atoms with E-state index < -0.39 is 204 Å². The summed E-state index contributed by atoms with van der Waals surface area (Å²) in [7, 11) is 0. The van der Waals surface area contributed by atoms with E-state index in [4.69, 9.17) is 34.4 Å². The van der Waals surface area contributed by atoms with E-state index in [2.05, 4.69) is 73.8 Å². The summed E-state index contributed by atoms with van der Waals surface area (Å²) in [5.74, 6) is -14.9. The molecule has 2 aromatic carbocycles. The van der Waals surface area contributed by atoms with Gasteiger partial charge in [-0.15, -0.1) is 0 Å². The van der Waals surface area contributed by atoms with Crippen molar-refractivity contribution in [2.24, 2.45) is 63.1 Å². The second-order valence-corrected chi connectivity index (χ2v) is 30.0. The first-order valence-electron chi connectivity index (χ1n) is 38.6. The number of nitrogens with two attached hydrogens (primary N) is 6. The Morgan fingerprint density at radius 1 is 0.460 bits per heavy atom. The summed E-state index contributed by atoms with van der Waals surface area (Å²) in [5.41, 5.74) is 37.0. The molecule has 13 amide bonds. The number of nitrogens with one attached hydrogen (secondary N) is 13. The van der Waals surface area contributed by atoms with E-state index >= 15 is 0 Å². The number of aliphatic imine (C=N–C) groups is 1. The molecule has 27 N–H and O–H groups in total. The third-order valence-corrected chi connectivity index (χ3v) is 19.9. The van der Waals surface area contributed by atoms with Crippen LogP contribution in [-0.2, 0) is 80.0 Å². The number of para-hydroxylation sites is 1. The van der Waals surface area contributed by atoms with E-state index in [1.807, 2.05) is 24.3 Å². The highest BCUT2D eigenvalue weighted by molar-refractivity contribution is 7.98. The van der Waals surface area contributed by atoms with Gasteiger partial charge in [0.1, 0.15) is 72.5 Å². The minimum absolute atomic E-state index is 0.00168. The molecule has 0 aliphatic rings. The van der Waals surface area contributed by atoms with E-state index in [1.165, 1.54) is 18.7 Å². The van der Waals surface area contributed by atoms with Gasteiger partial charge in [0.25, 0.3) is 0 Å². The number of aliphatic hydroxyl groups excluding tert-OH is 1. The van der Waals surface area contributed by atoms with Gasteiger partial charge in [-0.1, -0.05) is 117 Å². The second-order valence-electron chi connectivity index (χ2n) is 29.0. The van der Waals surface area contributed by atoms with Crippen LogP contribution in [0.25, 0.3) is 10.9 Å². The number of unbranched alkanes of at least 4 members (excludes halogenated alkanes) is 2. The molecule has 3 aromatic rings. The molecule has 0 unspecified atom stereocenters. The number of carbonyl (C=O) groups excluding carboxylic acids is 13. The summed E-state index contributed by atoms with van der Waals surface area (Å²) in [5, 5.41) is 52.7. The standard InChI is InChI=1S/C76H124N20O16S/c1-11-43(7)61(95-67(103)52(28-19-21-34-78)87-66(102)51(27-18-20-33-77)86-64(100)49(79)38-47-39-84-50-26-17-16-25-48(47)50)73(109)89-53(29-22-35-83-76(81)82)65(101)85-45(9)63(99)91-56(37-46-23-14-13-15-24-46)69(105)94-59(41(3)4)71(107)92-57(40-97)70(106)88-54(30-31-58(80)98)68(104)93-60(42(5)6)72(108)96-62(44(8)12-2)74(110)90-55(75(111)112)32-36-113-10/h13-17,23-26,39,41-45,49,51-57,59-62,84,97H,11-12,18-22,27-38,40,77-79H2,1-10H3,(H2,80,98)(H,85,101)(H,86,100)(H,87,102)(H,88,106)(H,89,109)(H,90,110)(H,91,99)(H,92,107)(H,93,104)(H,94,105)(H,95,103)(H,96,108)(H,111,112)(H4,81,82,83)/t43-,44-,45-,49-,51-,52-,53-,54-,55-,56-,57-,59-,60-,61-,62-/m0/s1. The first-order chi connectivity index (χ1) is 53.6. The van der Waals surface area contributed by atoms with Gasteiger partial charge in [0.15, 0.2) is 5.96 Å². The third-order valence-electron chi connectivity index (χ3n) is 19.3. The Kier molecular flexibility index (Phi) is 43.8. The smallest absolute Gasteiger partial charge is 0.326 e. The van der Waals surface area contributed by atoms with Crippen molar-refractivity contribution in [3.05, 3.63) is 71.9 Å². The molecule has 0 saturated carbocycles. The Morgan fingerprint density at radius 3 is 1.37 bits per heavy atom. The maximum absolute atomic E-state index is 14.7. The fourth-order valence-electron chi connectivity index (χ4n) is 12.0. The number of hydrogen-bond acceptors (Lipinski definition) is 20. The zero-order valence-corrected chi connectivity index (χ0v) is 67.5. The molecular weight excluding hydrogens is 1480 g/mol. The fourth-order valence-corrected chi connectivity index (χ4v) is 12.5. The van der Waals surface area contributed by atoms with Gasteiger partial charge in [-0.3, -0.25) is 67.3 Å². The number of guanidine groups is 1. The van der Waals surface area contributed by atoms with Gasteiger partial charge in [-0.05, 0) is 144 Å². The quantitative estimate of drug-likeness (QED) is 0.0164. The molecule has 0 spiro atoms. The Labute approximate surface area is 665 Å². The van der Waals surface area contributed by atoms with Gasteiger partial charge in [-0.2, -0.15) is 11.8 Å². The van der Waals surface area contributed by atoms with Gasteiger partial charge in [0.05, 0.1) is 12.6 Å². The number of aliphatic carboxylic acids is 1. The van der Waals surface area contributed by atoms with E-state index in [0.717, 1.165) is 16.5 Å². The van der Waals surface area contributed by atoms with Crippen molar-refractivity contribution < 1.29 is 77.3 Å². The number of aromatic amines is 1. The number of aromatic nitrogens is 1. The lowest BCUT2D eigenvalue weighted by Crippen LogP contribution is -2.62. The highest BCUT2D eigenvalue weighted by Gasteiger charge is 2.39. The number of primary amides is 1. The van der Waals surface area contributed by atoms with Crippen LogP contribution >= 0.6 is 11.8 Å². The first kappa shape index (κ1) is 97.2. The number of hydrogen-bond donors (Lipinski definition) is 21. The minimum atomic E-state index is -1.82. The average molecular weight is 1610 g/mol. The van der Waals surface area contributed by atoms with Crippen LogP contribution < -0.4 is 98.2 Å². The second kappa shape index (κ2) is 50.9. The number of carbonyl (C=O) groups is 14. The number of carboxylic acids is 1. The summed E-state index contributed by atoms with van der Waals surface area (Å²) in [6.07, 6.45) is 5.41. The number of amides is 13. The van der Waals surface area contributed by atoms with Crippen molar-refractivity contribution in [3.63, 3.8) is 0 Å². The Hall–Kier alpha value is -9.98. The lowest BCUT2D eigenvalue weighted by atomic mass is 9.96. The number of rotatable bonds is 54. The van der Waals surface area contributed by atoms with Crippen molar-refractivity contribution in [1.82, 2.24) is 68.8 Å². The molecule has 630 valence electrons. The molecule has 0 aliphatic carbocycles. The maximum atomic E-state index is 14.7. The van der Waals surface area contributed by atoms with Crippen LogP contribution in [0.2, 0.25) is 0 Å².